The molecule has 17 heavy (non-hydrogen) atoms. The average molecular weight is 239 g/mol. The Labute approximate surface area is 107 Å². The van der Waals surface area contributed by atoms with E-state index in [1.54, 1.807) is 0 Å². The summed E-state index contributed by atoms with van der Waals surface area (Å²) in [6.45, 7) is 13.6. The third-order valence-corrected chi connectivity index (χ3v) is 3.23. The topological polar surface area (TPSA) is 18.8 Å². The highest BCUT2D eigenvalue weighted by molar-refractivity contribution is 5.57. The highest BCUT2D eigenvalue weighted by Gasteiger charge is 2.36. The number of nitrogens with zero attached hydrogens (tertiary/aromatic N) is 3. The predicted octanol–water partition coefficient (Wildman–Crippen LogP) is 3.52. The van der Waals surface area contributed by atoms with Crippen LogP contribution in [0.1, 0.15) is 60.3 Å². The molecule has 0 aliphatic carbocycles. The molecule has 0 saturated carbocycles. The molecule has 3 heteroatoms. The van der Waals surface area contributed by atoms with Crippen molar-refractivity contribution < 1.29 is 0 Å². The molecule has 1 atom stereocenters. The lowest BCUT2D eigenvalue weighted by Gasteiger charge is -2.39. The zero-order valence-electron chi connectivity index (χ0n) is 12.2. The first-order valence-electron chi connectivity index (χ1n) is 7.07. The quantitative estimate of drug-likeness (QED) is 0.706. The Balaban J connectivity index is 2.64. The summed E-state index contributed by atoms with van der Waals surface area (Å²) in [6, 6.07) is 0. The van der Waals surface area contributed by atoms with Crippen LogP contribution in [0.3, 0.4) is 0 Å². The minimum absolute atomic E-state index is 0.248. The maximum absolute atomic E-state index is 4.59. The second-order valence-corrected chi connectivity index (χ2v) is 6.08. The zero-order valence-corrected chi connectivity index (χ0v) is 12.2. The third kappa shape index (κ3) is 3.90. The molecule has 1 aliphatic heterocycles. The fourth-order valence-corrected chi connectivity index (χ4v) is 2.40. The van der Waals surface area contributed by atoms with Gasteiger partial charge in [0.2, 0.25) is 0 Å². The summed E-state index contributed by atoms with van der Waals surface area (Å²) < 4.78 is 0. The van der Waals surface area contributed by atoms with E-state index in [2.05, 4.69) is 49.6 Å². The second kappa shape index (κ2) is 6.27. The van der Waals surface area contributed by atoms with Gasteiger partial charge >= 0.3 is 0 Å². The van der Waals surface area contributed by atoms with E-state index in [4.69, 9.17) is 0 Å². The molecular weight excluding hydrogens is 210 g/mol. The van der Waals surface area contributed by atoms with Crippen LogP contribution in [0.25, 0.3) is 0 Å². The number of unbranched alkanes of at least 4 members (excludes halogenated alkanes) is 2. The summed E-state index contributed by atoms with van der Waals surface area (Å²) in [5.41, 5.74) is 0.248. The monoisotopic (exact) mass is 239 g/mol. The molecule has 0 saturated heterocycles. The highest BCUT2D eigenvalue weighted by atomic mass is 15.6. The zero-order chi connectivity index (χ0) is 12.9. The lowest BCUT2D eigenvalue weighted by atomic mass is 9.91. The van der Waals surface area contributed by atoms with E-state index in [1.807, 2.05) is 6.34 Å². The summed E-state index contributed by atoms with van der Waals surface area (Å²) in [4.78, 5) is 2.42. The van der Waals surface area contributed by atoms with E-state index in [1.165, 1.54) is 25.7 Å². The van der Waals surface area contributed by atoms with Crippen LogP contribution >= 0.6 is 0 Å². The second-order valence-electron chi connectivity index (χ2n) is 6.08. The van der Waals surface area contributed by atoms with Crippen molar-refractivity contribution in [1.82, 2.24) is 9.91 Å². The Morgan fingerprint density at radius 3 is 2.18 bits per heavy atom. The van der Waals surface area contributed by atoms with Crippen molar-refractivity contribution in [2.75, 3.05) is 13.1 Å². The van der Waals surface area contributed by atoms with Crippen molar-refractivity contribution in [3.05, 3.63) is 0 Å². The summed E-state index contributed by atoms with van der Waals surface area (Å²) in [6.07, 6.45) is 7.43. The summed E-state index contributed by atoms with van der Waals surface area (Å²) >= 11 is 0. The summed E-state index contributed by atoms with van der Waals surface area (Å²) in [7, 11) is 0. The van der Waals surface area contributed by atoms with Gasteiger partial charge in [-0.1, -0.05) is 47.5 Å². The van der Waals surface area contributed by atoms with Crippen molar-refractivity contribution in [2.45, 2.75) is 66.5 Å². The first-order valence-corrected chi connectivity index (χ1v) is 7.07. The van der Waals surface area contributed by atoms with Gasteiger partial charge in [-0.25, -0.2) is 0 Å². The van der Waals surface area contributed by atoms with Gasteiger partial charge in [0.05, 0.1) is 0 Å². The third-order valence-electron chi connectivity index (χ3n) is 3.23. The largest absolute Gasteiger partial charge is 0.339 e. The van der Waals surface area contributed by atoms with Gasteiger partial charge < -0.3 is 4.90 Å². The van der Waals surface area contributed by atoms with Gasteiger partial charge in [0, 0.05) is 18.5 Å². The van der Waals surface area contributed by atoms with Crippen molar-refractivity contribution in [3.8, 4) is 0 Å². The molecule has 0 amide bonds. The molecule has 0 fully saturated rings. The molecule has 0 spiro atoms. The maximum Gasteiger partial charge on any atom is 0.124 e. The van der Waals surface area contributed by atoms with Gasteiger partial charge in [-0.2, -0.15) is 5.10 Å². The normalized spacial score (nSPS) is 20.4. The van der Waals surface area contributed by atoms with E-state index in [0.29, 0.717) is 6.17 Å². The first-order chi connectivity index (χ1) is 8.00. The average Bonchev–Trinajstić information content (AvgIpc) is 2.66. The van der Waals surface area contributed by atoms with Crippen LogP contribution in [0.5, 0.6) is 0 Å². The van der Waals surface area contributed by atoms with Crippen LogP contribution < -0.4 is 0 Å². The molecule has 1 unspecified atom stereocenters. The molecule has 0 radical (unpaired) electrons. The van der Waals surface area contributed by atoms with Gasteiger partial charge in [-0.3, -0.25) is 5.01 Å². The van der Waals surface area contributed by atoms with E-state index in [0.717, 1.165) is 13.1 Å². The molecular formula is C14H29N3. The molecule has 1 aliphatic rings. The van der Waals surface area contributed by atoms with Crippen LogP contribution in [0, 0.1) is 5.41 Å². The molecule has 3 nitrogen and oxygen atoms in total. The van der Waals surface area contributed by atoms with Crippen LogP contribution in [0.15, 0.2) is 5.10 Å². The fraction of sp³-hybridized carbons (Fsp3) is 0.929. The van der Waals surface area contributed by atoms with E-state index < -0.39 is 0 Å². The van der Waals surface area contributed by atoms with Crippen LogP contribution in [0.2, 0.25) is 0 Å². The number of hydrogen-bond donors (Lipinski definition) is 0. The van der Waals surface area contributed by atoms with Gasteiger partial charge in [0.15, 0.2) is 0 Å². The van der Waals surface area contributed by atoms with Crippen LogP contribution in [-0.2, 0) is 0 Å². The number of hydrazone groups is 1. The Bertz CT molecular complexity index is 224. The minimum Gasteiger partial charge on any atom is -0.339 e. The van der Waals surface area contributed by atoms with Gasteiger partial charge in [-0.05, 0) is 12.8 Å². The van der Waals surface area contributed by atoms with E-state index in [9.17, 15) is 0 Å². The lowest BCUT2D eigenvalue weighted by Crippen LogP contribution is -2.49. The summed E-state index contributed by atoms with van der Waals surface area (Å²) in [5.74, 6) is 0. The Morgan fingerprint density at radius 2 is 1.65 bits per heavy atom. The van der Waals surface area contributed by atoms with Crippen LogP contribution in [0.4, 0.5) is 0 Å². The molecule has 0 aromatic rings. The molecule has 100 valence electrons. The van der Waals surface area contributed by atoms with Gasteiger partial charge in [0.25, 0.3) is 0 Å². The van der Waals surface area contributed by atoms with Crippen molar-refractivity contribution in [1.29, 1.82) is 0 Å². The molecule has 0 bridgehead atoms. The molecule has 1 rings (SSSR count). The maximum atomic E-state index is 4.59. The smallest absolute Gasteiger partial charge is 0.124 e. The van der Waals surface area contributed by atoms with E-state index >= 15 is 0 Å². The number of rotatable bonds is 6. The first kappa shape index (κ1) is 14.3. The Kier molecular flexibility index (Phi) is 5.29. The Hall–Kier alpha value is -0.730. The molecule has 0 aromatic heterocycles. The Morgan fingerprint density at radius 1 is 1.06 bits per heavy atom. The van der Waals surface area contributed by atoms with E-state index in [-0.39, 0.29) is 5.41 Å². The summed E-state index contributed by atoms with van der Waals surface area (Å²) in [5, 5.41) is 6.87. The minimum atomic E-state index is 0.248. The molecule has 0 N–H and O–H groups in total. The lowest BCUT2D eigenvalue weighted by molar-refractivity contribution is 0.0352. The predicted molar refractivity (Wildman–Crippen MR) is 75.0 cm³/mol. The van der Waals surface area contributed by atoms with Gasteiger partial charge in [0.1, 0.15) is 12.5 Å². The molecule has 0 aromatic carbocycles. The SMILES string of the molecule is CCCCN1C=NN(CCCC)C1C(C)(C)C. The molecule has 1 heterocycles. The van der Waals surface area contributed by atoms with Crippen LogP contribution in [-0.4, -0.2) is 35.5 Å². The standard InChI is InChI=1S/C14H29N3/c1-6-8-10-16-12-15-17(11-9-7-2)13(16)14(3,4)5/h12-13H,6-11H2,1-5H3. The van der Waals surface area contributed by atoms with Gasteiger partial charge in [-0.15, -0.1) is 0 Å². The fourth-order valence-electron chi connectivity index (χ4n) is 2.40. The van der Waals surface area contributed by atoms with Crippen molar-refractivity contribution >= 4 is 6.34 Å². The highest BCUT2D eigenvalue weighted by Crippen LogP contribution is 2.30. The number of hydrogen-bond acceptors (Lipinski definition) is 3. The van der Waals surface area contributed by atoms with Crippen molar-refractivity contribution in [2.24, 2.45) is 10.5 Å². The van der Waals surface area contributed by atoms with Crippen molar-refractivity contribution in [3.63, 3.8) is 0 Å².